The van der Waals surface area contributed by atoms with Gasteiger partial charge in [-0.3, -0.25) is 9.78 Å². The number of rotatable bonds is 4. The molecule has 2 aromatic heterocycles. The predicted molar refractivity (Wildman–Crippen MR) is 100 cm³/mol. The molecule has 2 heterocycles. The fourth-order valence-corrected chi connectivity index (χ4v) is 2.60. The van der Waals surface area contributed by atoms with E-state index in [1.807, 2.05) is 60.7 Å². The number of fused-ring (bicyclic) bond motifs is 1. The molecule has 0 aliphatic rings. The Morgan fingerprint density at radius 1 is 0.846 bits per heavy atom. The Bertz CT molecular complexity index is 1060. The number of aromatic nitrogens is 2. The number of ether oxygens (including phenoxy) is 1. The molecule has 1 amide bonds. The van der Waals surface area contributed by atoms with Gasteiger partial charge in [0, 0.05) is 23.5 Å². The van der Waals surface area contributed by atoms with Gasteiger partial charge >= 0.3 is 0 Å². The molecular formula is C21H15N3O2. The minimum Gasteiger partial charge on any atom is -0.438 e. The minimum atomic E-state index is -0.285. The number of para-hydroxylation sites is 1. The normalized spacial score (nSPS) is 10.5. The van der Waals surface area contributed by atoms with E-state index in [2.05, 4.69) is 15.3 Å². The van der Waals surface area contributed by atoms with Gasteiger partial charge in [-0.15, -0.1) is 0 Å². The maximum atomic E-state index is 12.7. The van der Waals surface area contributed by atoms with Crippen LogP contribution in [0.4, 0.5) is 5.69 Å². The Labute approximate surface area is 150 Å². The van der Waals surface area contributed by atoms with Crippen molar-refractivity contribution >= 4 is 22.5 Å². The lowest BCUT2D eigenvalue weighted by Crippen LogP contribution is -2.13. The van der Waals surface area contributed by atoms with Gasteiger partial charge in [-0.05, 0) is 48.5 Å². The van der Waals surface area contributed by atoms with Crippen LogP contribution in [0.15, 0.2) is 85.2 Å². The first-order chi connectivity index (χ1) is 12.8. The van der Waals surface area contributed by atoms with Crippen LogP contribution < -0.4 is 10.1 Å². The number of carbonyl (C=O) groups excluding carboxylic acids is 1. The van der Waals surface area contributed by atoms with Crippen molar-refractivity contribution in [1.82, 2.24) is 9.97 Å². The molecule has 5 nitrogen and oxygen atoms in total. The van der Waals surface area contributed by atoms with Crippen LogP contribution in [0, 0.1) is 0 Å². The minimum absolute atomic E-state index is 0.263. The number of amides is 1. The molecule has 0 unspecified atom stereocenters. The maximum absolute atomic E-state index is 12.7. The highest BCUT2D eigenvalue weighted by molar-refractivity contribution is 6.06. The fraction of sp³-hybridized carbons (Fsp3) is 0. The van der Waals surface area contributed by atoms with Crippen molar-refractivity contribution in [3.63, 3.8) is 0 Å². The summed E-state index contributed by atoms with van der Waals surface area (Å²) in [6.07, 6.45) is 3.33. The van der Waals surface area contributed by atoms with E-state index < -0.39 is 0 Å². The highest BCUT2D eigenvalue weighted by atomic mass is 16.5. The van der Waals surface area contributed by atoms with Crippen LogP contribution in [0.5, 0.6) is 11.6 Å². The Hall–Kier alpha value is -3.73. The molecule has 2 aromatic carbocycles. The molecule has 0 aliphatic heterocycles. The second-order valence-electron chi connectivity index (χ2n) is 5.64. The third-order valence-electron chi connectivity index (χ3n) is 3.83. The van der Waals surface area contributed by atoms with Crippen LogP contribution in [-0.2, 0) is 0 Å². The second kappa shape index (κ2) is 7.03. The topological polar surface area (TPSA) is 64.1 Å². The predicted octanol–water partition coefficient (Wildman–Crippen LogP) is 4.67. The Morgan fingerprint density at radius 3 is 2.54 bits per heavy atom. The Balaban J connectivity index is 1.59. The summed E-state index contributed by atoms with van der Waals surface area (Å²) in [5.41, 5.74) is 1.92. The molecule has 4 rings (SSSR count). The van der Waals surface area contributed by atoms with E-state index in [9.17, 15) is 4.79 Å². The summed E-state index contributed by atoms with van der Waals surface area (Å²) >= 11 is 0. The molecule has 0 bridgehead atoms. The summed E-state index contributed by atoms with van der Waals surface area (Å²) in [5, 5.41) is 3.85. The van der Waals surface area contributed by atoms with Crippen LogP contribution in [0.25, 0.3) is 10.9 Å². The van der Waals surface area contributed by atoms with Crippen molar-refractivity contribution in [1.29, 1.82) is 0 Å². The quantitative estimate of drug-likeness (QED) is 0.586. The number of hydrogen-bond acceptors (Lipinski definition) is 4. The average Bonchev–Trinajstić information content (AvgIpc) is 2.69. The molecule has 1 N–H and O–H groups in total. The number of carbonyl (C=O) groups is 1. The molecule has 0 radical (unpaired) electrons. The standard InChI is InChI=1S/C21H15N3O2/c25-20(24-16-10-11-19-15(14-16)6-4-12-22-19)18-9-5-13-23-21(18)26-17-7-2-1-3-8-17/h1-14H,(H,24,25). The van der Waals surface area contributed by atoms with Gasteiger partial charge in [0.2, 0.25) is 5.88 Å². The first-order valence-corrected chi connectivity index (χ1v) is 8.14. The number of nitrogens with zero attached hydrogens (tertiary/aromatic N) is 2. The lowest BCUT2D eigenvalue weighted by molar-refractivity contribution is 0.102. The van der Waals surface area contributed by atoms with Crippen molar-refractivity contribution in [2.45, 2.75) is 0 Å². The van der Waals surface area contributed by atoms with Crippen molar-refractivity contribution in [2.75, 3.05) is 5.32 Å². The lowest BCUT2D eigenvalue weighted by Gasteiger charge is -2.10. The van der Waals surface area contributed by atoms with Gasteiger partial charge in [-0.1, -0.05) is 24.3 Å². The van der Waals surface area contributed by atoms with Gasteiger partial charge in [-0.25, -0.2) is 4.98 Å². The van der Waals surface area contributed by atoms with Crippen molar-refractivity contribution in [3.05, 3.63) is 90.8 Å². The molecule has 26 heavy (non-hydrogen) atoms. The Kier molecular flexibility index (Phi) is 4.26. The van der Waals surface area contributed by atoms with E-state index in [0.717, 1.165) is 10.9 Å². The SMILES string of the molecule is O=C(Nc1ccc2ncccc2c1)c1cccnc1Oc1ccccc1. The summed E-state index contributed by atoms with van der Waals surface area (Å²) in [6.45, 7) is 0. The van der Waals surface area contributed by atoms with E-state index >= 15 is 0 Å². The number of anilines is 1. The van der Waals surface area contributed by atoms with E-state index in [4.69, 9.17) is 4.74 Å². The van der Waals surface area contributed by atoms with E-state index in [1.165, 1.54) is 0 Å². The molecule has 5 heteroatoms. The van der Waals surface area contributed by atoms with Crippen molar-refractivity contribution in [3.8, 4) is 11.6 Å². The van der Waals surface area contributed by atoms with Crippen LogP contribution in [0.3, 0.4) is 0 Å². The fourth-order valence-electron chi connectivity index (χ4n) is 2.60. The van der Waals surface area contributed by atoms with Gasteiger partial charge in [0.15, 0.2) is 0 Å². The highest BCUT2D eigenvalue weighted by Gasteiger charge is 2.14. The van der Waals surface area contributed by atoms with Crippen LogP contribution in [0.1, 0.15) is 10.4 Å². The number of benzene rings is 2. The molecule has 4 aromatic rings. The van der Waals surface area contributed by atoms with E-state index in [1.54, 1.807) is 24.5 Å². The zero-order chi connectivity index (χ0) is 17.8. The summed E-state index contributed by atoms with van der Waals surface area (Å²) in [5.74, 6) is 0.600. The zero-order valence-electron chi connectivity index (χ0n) is 13.8. The third kappa shape index (κ3) is 3.37. The summed E-state index contributed by atoms with van der Waals surface area (Å²) in [7, 11) is 0. The summed E-state index contributed by atoms with van der Waals surface area (Å²) in [6, 6.07) is 22.0. The van der Waals surface area contributed by atoms with Gasteiger partial charge in [-0.2, -0.15) is 0 Å². The van der Waals surface area contributed by atoms with Gasteiger partial charge < -0.3 is 10.1 Å². The summed E-state index contributed by atoms with van der Waals surface area (Å²) in [4.78, 5) is 21.2. The first kappa shape index (κ1) is 15.8. The molecule has 0 atom stereocenters. The first-order valence-electron chi connectivity index (χ1n) is 8.14. The molecular weight excluding hydrogens is 326 g/mol. The van der Waals surface area contributed by atoms with Crippen LogP contribution >= 0.6 is 0 Å². The largest absolute Gasteiger partial charge is 0.438 e. The molecule has 0 fully saturated rings. The van der Waals surface area contributed by atoms with Crippen LogP contribution in [0.2, 0.25) is 0 Å². The van der Waals surface area contributed by atoms with Gasteiger partial charge in [0.25, 0.3) is 5.91 Å². The van der Waals surface area contributed by atoms with Crippen LogP contribution in [-0.4, -0.2) is 15.9 Å². The van der Waals surface area contributed by atoms with Crippen molar-refractivity contribution < 1.29 is 9.53 Å². The van der Waals surface area contributed by atoms with E-state index in [-0.39, 0.29) is 11.8 Å². The maximum Gasteiger partial charge on any atom is 0.261 e. The highest BCUT2D eigenvalue weighted by Crippen LogP contribution is 2.24. The van der Waals surface area contributed by atoms with Gasteiger partial charge in [0.1, 0.15) is 11.3 Å². The lowest BCUT2D eigenvalue weighted by atomic mass is 10.2. The van der Waals surface area contributed by atoms with Gasteiger partial charge in [0.05, 0.1) is 5.52 Å². The number of nitrogens with one attached hydrogen (secondary N) is 1. The Morgan fingerprint density at radius 2 is 1.65 bits per heavy atom. The summed E-state index contributed by atoms with van der Waals surface area (Å²) < 4.78 is 5.76. The average molecular weight is 341 g/mol. The van der Waals surface area contributed by atoms with Crippen molar-refractivity contribution in [2.24, 2.45) is 0 Å². The zero-order valence-corrected chi connectivity index (χ0v) is 13.8. The number of hydrogen-bond donors (Lipinski definition) is 1. The monoisotopic (exact) mass is 341 g/mol. The third-order valence-corrected chi connectivity index (χ3v) is 3.83. The second-order valence-corrected chi connectivity index (χ2v) is 5.64. The number of pyridine rings is 2. The molecule has 0 aliphatic carbocycles. The smallest absolute Gasteiger partial charge is 0.261 e. The molecule has 126 valence electrons. The molecule has 0 saturated heterocycles. The molecule has 0 spiro atoms. The van der Waals surface area contributed by atoms with E-state index in [0.29, 0.717) is 17.0 Å². The molecule has 0 saturated carbocycles.